The Morgan fingerprint density at radius 2 is 1.86 bits per heavy atom. The smallest absolute Gasteiger partial charge is 0.417 e. The Hall–Kier alpha value is -3.10. The Kier molecular flexibility index (Phi) is 5.25. The highest BCUT2D eigenvalue weighted by Crippen LogP contribution is 2.32. The van der Waals surface area contributed by atoms with Crippen molar-refractivity contribution in [2.75, 3.05) is 16.8 Å². The molecule has 1 aromatic heterocycles. The Labute approximate surface area is 165 Å². The fourth-order valence-corrected chi connectivity index (χ4v) is 2.89. The Morgan fingerprint density at radius 3 is 2.52 bits per heavy atom. The molecule has 0 bridgehead atoms. The first-order valence-electron chi connectivity index (χ1n) is 8.91. The van der Waals surface area contributed by atoms with Crippen LogP contribution in [0.2, 0.25) is 0 Å². The minimum Gasteiger partial charge on any atom is -0.443 e. The zero-order chi connectivity index (χ0) is 21.4. The first-order chi connectivity index (χ1) is 13.4. The van der Waals surface area contributed by atoms with Gasteiger partial charge in [-0.15, -0.1) is 0 Å². The van der Waals surface area contributed by atoms with Crippen LogP contribution >= 0.6 is 0 Å². The molecule has 1 aliphatic heterocycles. The number of aromatic nitrogens is 1. The van der Waals surface area contributed by atoms with E-state index in [0.29, 0.717) is 24.8 Å². The number of hydrogen-bond donors (Lipinski definition) is 1. The number of fused-ring (bicyclic) bond motifs is 1. The van der Waals surface area contributed by atoms with Gasteiger partial charge in [0.05, 0.1) is 23.1 Å². The molecule has 0 spiro atoms. The summed E-state index contributed by atoms with van der Waals surface area (Å²) in [7, 11) is 0. The number of benzene rings is 1. The van der Waals surface area contributed by atoms with E-state index in [1.165, 1.54) is 11.0 Å². The van der Waals surface area contributed by atoms with Crippen molar-refractivity contribution in [2.24, 2.45) is 0 Å². The third kappa shape index (κ3) is 4.85. The van der Waals surface area contributed by atoms with Crippen LogP contribution < -0.4 is 10.2 Å². The van der Waals surface area contributed by atoms with Crippen molar-refractivity contribution in [1.29, 1.82) is 0 Å². The summed E-state index contributed by atoms with van der Waals surface area (Å²) in [5, 5.41) is 2.41. The Balaban J connectivity index is 1.80. The van der Waals surface area contributed by atoms with E-state index >= 15 is 0 Å². The third-order valence-corrected chi connectivity index (χ3v) is 4.18. The number of hydrogen-bond acceptors (Lipinski definition) is 4. The zero-order valence-electron chi connectivity index (χ0n) is 16.1. The van der Waals surface area contributed by atoms with Crippen molar-refractivity contribution >= 4 is 23.4 Å². The molecule has 1 N–H and O–H groups in total. The fourth-order valence-electron chi connectivity index (χ4n) is 2.89. The van der Waals surface area contributed by atoms with Gasteiger partial charge in [0.1, 0.15) is 5.60 Å². The molecule has 0 radical (unpaired) electrons. The van der Waals surface area contributed by atoms with Crippen LogP contribution in [0.5, 0.6) is 0 Å². The number of alkyl halides is 3. The van der Waals surface area contributed by atoms with Crippen molar-refractivity contribution in [3.8, 4) is 0 Å². The Morgan fingerprint density at radius 1 is 1.14 bits per heavy atom. The number of nitrogens with one attached hydrogen (secondary N) is 1. The topological polar surface area (TPSA) is 71.5 Å². The van der Waals surface area contributed by atoms with Gasteiger partial charge in [-0.05, 0) is 51.0 Å². The van der Waals surface area contributed by atoms with Gasteiger partial charge in [-0.3, -0.25) is 14.7 Å². The third-order valence-electron chi connectivity index (χ3n) is 4.18. The molecule has 2 heterocycles. The molecular formula is C20H20F3N3O3. The van der Waals surface area contributed by atoms with Crippen molar-refractivity contribution < 1.29 is 27.5 Å². The average Bonchev–Trinajstić information content (AvgIpc) is 3.03. The van der Waals surface area contributed by atoms with Gasteiger partial charge >= 0.3 is 12.3 Å². The molecule has 3 rings (SSSR count). The monoisotopic (exact) mass is 407 g/mol. The highest BCUT2D eigenvalue weighted by atomic mass is 19.4. The van der Waals surface area contributed by atoms with Gasteiger partial charge < -0.3 is 10.1 Å². The highest BCUT2D eigenvalue weighted by molar-refractivity contribution is 6.05. The van der Waals surface area contributed by atoms with Gasteiger partial charge in [0.25, 0.3) is 5.91 Å². The van der Waals surface area contributed by atoms with E-state index in [1.54, 1.807) is 32.9 Å². The predicted octanol–water partition coefficient (Wildman–Crippen LogP) is 4.65. The Bertz CT molecular complexity index is 952. The van der Waals surface area contributed by atoms with Gasteiger partial charge in [-0.1, -0.05) is 6.07 Å². The molecule has 0 atom stereocenters. The maximum absolute atomic E-state index is 12.8. The van der Waals surface area contributed by atoms with E-state index < -0.39 is 29.3 Å². The van der Waals surface area contributed by atoms with Crippen molar-refractivity contribution in [3.05, 3.63) is 53.3 Å². The number of pyridine rings is 1. The fraction of sp³-hybridized carbons (Fsp3) is 0.350. The number of amides is 2. The van der Waals surface area contributed by atoms with Crippen LogP contribution in [-0.4, -0.2) is 29.1 Å². The summed E-state index contributed by atoms with van der Waals surface area (Å²) in [6.45, 7) is 5.70. The van der Waals surface area contributed by atoms with Crippen LogP contribution in [0.25, 0.3) is 0 Å². The molecular weight excluding hydrogens is 387 g/mol. The van der Waals surface area contributed by atoms with Gasteiger partial charge in [-0.2, -0.15) is 13.2 Å². The van der Waals surface area contributed by atoms with Crippen LogP contribution in [-0.2, 0) is 17.3 Å². The summed E-state index contributed by atoms with van der Waals surface area (Å²) in [5.74, 6) is -0.607. The molecule has 6 nitrogen and oxygen atoms in total. The van der Waals surface area contributed by atoms with Crippen LogP contribution in [0.4, 0.5) is 29.3 Å². The number of carbonyl (C=O) groups excluding carboxylic acids is 2. The van der Waals surface area contributed by atoms with Crippen LogP contribution in [0.15, 0.2) is 36.7 Å². The molecule has 0 saturated heterocycles. The molecule has 1 aliphatic rings. The van der Waals surface area contributed by atoms with Gasteiger partial charge in [0, 0.05) is 18.3 Å². The van der Waals surface area contributed by atoms with E-state index in [2.05, 4.69) is 10.3 Å². The first kappa shape index (κ1) is 20.6. The maximum atomic E-state index is 12.8. The van der Waals surface area contributed by atoms with Gasteiger partial charge in [0.15, 0.2) is 0 Å². The van der Waals surface area contributed by atoms with E-state index in [4.69, 9.17) is 4.74 Å². The molecule has 0 fully saturated rings. The van der Waals surface area contributed by atoms with Crippen LogP contribution in [0.1, 0.15) is 42.3 Å². The first-order valence-corrected chi connectivity index (χ1v) is 8.91. The second-order valence-electron chi connectivity index (χ2n) is 7.64. The number of rotatable bonds is 2. The van der Waals surface area contributed by atoms with Gasteiger partial charge in [-0.25, -0.2) is 4.79 Å². The summed E-state index contributed by atoms with van der Waals surface area (Å²) in [4.78, 5) is 29.9. The standard InChI is InChI=1S/C20H20F3N3O3/c1-19(2,3)29-18(28)26-7-6-12-4-5-13(8-16(12)26)17(27)25-15-9-14(10-24-11-15)20(21,22)23/h4-5,8-11H,6-7H2,1-3H3,(H,25,27). The van der Waals surface area contributed by atoms with Crippen LogP contribution in [0, 0.1) is 0 Å². The van der Waals surface area contributed by atoms with Crippen LogP contribution in [0.3, 0.4) is 0 Å². The lowest BCUT2D eigenvalue weighted by atomic mass is 10.1. The lowest BCUT2D eigenvalue weighted by Crippen LogP contribution is -2.35. The van der Waals surface area contributed by atoms with Crippen molar-refractivity contribution in [3.63, 3.8) is 0 Å². The maximum Gasteiger partial charge on any atom is 0.417 e. The van der Waals surface area contributed by atoms with Crippen molar-refractivity contribution in [2.45, 2.75) is 39.0 Å². The zero-order valence-corrected chi connectivity index (χ0v) is 16.1. The summed E-state index contributed by atoms with van der Waals surface area (Å²) >= 11 is 0. The average molecular weight is 407 g/mol. The molecule has 1 aromatic carbocycles. The van der Waals surface area contributed by atoms with Gasteiger partial charge in [0.2, 0.25) is 0 Å². The predicted molar refractivity (Wildman–Crippen MR) is 101 cm³/mol. The molecule has 2 amide bonds. The quantitative estimate of drug-likeness (QED) is 0.787. The number of carbonyl (C=O) groups is 2. The van der Waals surface area contributed by atoms with E-state index in [0.717, 1.165) is 17.8 Å². The number of nitrogens with zero attached hydrogens (tertiary/aromatic N) is 2. The molecule has 0 aliphatic carbocycles. The summed E-state index contributed by atoms with van der Waals surface area (Å²) in [6.07, 6.45) is -2.64. The minimum atomic E-state index is -4.56. The second-order valence-corrected chi connectivity index (χ2v) is 7.64. The lowest BCUT2D eigenvalue weighted by Gasteiger charge is -2.25. The molecule has 154 valence electrons. The largest absolute Gasteiger partial charge is 0.443 e. The number of anilines is 2. The normalized spacial score (nSPS) is 13.8. The summed E-state index contributed by atoms with van der Waals surface area (Å²) in [5.41, 5.74) is -0.0563. The number of ether oxygens (including phenoxy) is 1. The molecule has 9 heteroatoms. The van der Waals surface area contributed by atoms with Crippen molar-refractivity contribution in [1.82, 2.24) is 4.98 Å². The molecule has 0 saturated carbocycles. The highest BCUT2D eigenvalue weighted by Gasteiger charge is 2.32. The minimum absolute atomic E-state index is 0.0747. The summed E-state index contributed by atoms with van der Waals surface area (Å²) < 4.78 is 43.8. The summed E-state index contributed by atoms with van der Waals surface area (Å²) in [6, 6.07) is 5.63. The van der Waals surface area contributed by atoms with E-state index in [9.17, 15) is 22.8 Å². The molecule has 0 unspecified atom stereocenters. The SMILES string of the molecule is CC(C)(C)OC(=O)N1CCc2ccc(C(=O)Nc3cncc(C(F)(F)F)c3)cc21. The number of halogens is 3. The molecule has 29 heavy (non-hydrogen) atoms. The molecule has 2 aromatic rings. The van der Waals surface area contributed by atoms with E-state index in [-0.39, 0.29) is 11.3 Å². The second kappa shape index (κ2) is 7.38. The lowest BCUT2D eigenvalue weighted by molar-refractivity contribution is -0.137. The van der Waals surface area contributed by atoms with E-state index in [1.807, 2.05) is 0 Å².